The van der Waals surface area contributed by atoms with Crippen molar-refractivity contribution in [1.29, 1.82) is 0 Å². The van der Waals surface area contributed by atoms with Crippen molar-refractivity contribution >= 4 is 5.97 Å². The zero-order valence-electron chi connectivity index (χ0n) is 20.2. The van der Waals surface area contributed by atoms with E-state index in [1.54, 1.807) is 0 Å². The molecule has 7 nitrogen and oxygen atoms in total. The van der Waals surface area contributed by atoms with E-state index < -0.39 is 11.7 Å². The van der Waals surface area contributed by atoms with Crippen LogP contribution >= 0.6 is 0 Å². The number of aromatic amines is 1. The van der Waals surface area contributed by atoms with Crippen LogP contribution in [0.1, 0.15) is 72.8 Å². The quantitative estimate of drug-likeness (QED) is 0.363. The standard InChI is InChI=1S/C27H38N2O5/c1-2-3-17-33-26(31)24-25(22-11-7-8-12-23(22)28-24)34-19-21(30)18-29-15-13-27(32,14-16-29)20-9-5-4-6-10-20/h4-6,9-10,21,28,30,32H,2-3,7-8,11-19H2,1H3. The molecule has 2 aliphatic rings. The van der Waals surface area contributed by atoms with E-state index in [4.69, 9.17) is 9.47 Å². The fourth-order valence-electron chi connectivity index (χ4n) is 5.01. The number of aryl methyl sites for hydroxylation is 1. The lowest BCUT2D eigenvalue weighted by molar-refractivity contribution is -0.0372. The lowest BCUT2D eigenvalue weighted by atomic mass is 9.84. The van der Waals surface area contributed by atoms with E-state index in [9.17, 15) is 15.0 Å². The van der Waals surface area contributed by atoms with Crippen molar-refractivity contribution in [1.82, 2.24) is 9.88 Å². The van der Waals surface area contributed by atoms with E-state index in [0.29, 0.717) is 50.5 Å². The smallest absolute Gasteiger partial charge is 0.358 e. The monoisotopic (exact) mass is 470 g/mol. The number of benzene rings is 1. The molecule has 1 aromatic heterocycles. The van der Waals surface area contributed by atoms with Gasteiger partial charge in [-0.25, -0.2) is 4.79 Å². The number of rotatable bonds is 10. The van der Waals surface area contributed by atoms with Crippen LogP contribution in [0.5, 0.6) is 5.75 Å². The first-order chi connectivity index (χ1) is 16.5. The first-order valence-electron chi connectivity index (χ1n) is 12.7. The van der Waals surface area contributed by atoms with Gasteiger partial charge in [0.1, 0.15) is 12.7 Å². The van der Waals surface area contributed by atoms with Gasteiger partial charge < -0.3 is 29.6 Å². The van der Waals surface area contributed by atoms with Crippen molar-refractivity contribution in [3.63, 3.8) is 0 Å². The highest BCUT2D eigenvalue weighted by Gasteiger charge is 2.34. The Morgan fingerprint density at radius 2 is 1.91 bits per heavy atom. The molecule has 0 amide bonds. The zero-order valence-corrected chi connectivity index (χ0v) is 20.2. The molecule has 1 aliphatic heterocycles. The third-order valence-corrected chi connectivity index (χ3v) is 7.06. The molecule has 1 atom stereocenters. The number of unbranched alkanes of at least 4 members (excludes halogenated alkanes) is 1. The SMILES string of the molecule is CCCCOC(=O)c1[nH]c2c(c1OCC(O)CN1CCC(O)(c3ccccc3)CC1)CCCC2. The summed E-state index contributed by atoms with van der Waals surface area (Å²) in [4.78, 5) is 18.1. The number of H-pyrrole nitrogens is 1. The Kier molecular flexibility index (Phi) is 8.29. The summed E-state index contributed by atoms with van der Waals surface area (Å²) >= 11 is 0. The third-order valence-electron chi connectivity index (χ3n) is 7.06. The Morgan fingerprint density at radius 3 is 2.65 bits per heavy atom. The number of nitrogens with one attached hydrogen (secondary N) is 1. The average molecular weight is 471 g/mol. The Balaban J connectivity index is 1.33. The van der Waals surface area contributed by atoms with Crippen LogP contribution in [0, 0.1) is 0 Å². The minimum Gasteiger partial charge on any atom is -0.488 e. The minimum absolute atomic E-state index is 0.110. The van der Waals surface area contributed by atoms with Gasteiger partial charge in [-0.05, 0) is 50.5 Å². The van der Waals surface area contributed by atoms with Gasteiger partial charge in [0.2, 0.25) is 0 Å². The lowest BCUT2D eigenvalue weighted by Gasteiger charge is -2.39. The third kappa shape index (κ3) is 5.82. The average Bonchev–Trinajstić information content (AvgIpc) is 3.24. The normalized spacial score (nSPS) is 18.8. The number of carbonyl (C=O) groups is 1. The summed E-state index contributed by atoms with van der Waals surface area (Å²) in [7, 11) is 0. The van der Waals surface area contributed by atoms with Crippen LogP contribution in [0.4, 0.5) is 0 Å². The maximum absolute atomic E-state index is 12.7. The number of fused-ring (bicyclic) bond motifs is 1. The van der Waals surface area contributed by atoms with E-state index in [2.05, 4.69) is 16.8 Å². The summed E-state index contributed by atoms with van der Waals surface area (Å²) in [6.07, 6.45) is 6.27. The van der Waals surface area contributed by atoms with Crippen LogP contribution < -0.4 is 4.74 Å². The molecule has 1 saturated heterocycles. The number of esters is 1. The first-order valence-corrected chi connectivity index (χ1v) is 12.7. The molecule has 2 heterocycles. The second kappa shape index (κ2) is 11.4. The number of β-amino-alcohol motifs (C(OH)–C–C–N with tert-alkyl or cyclic N) is 1. The molecule has 4 rings (SSSR count). The number of carbonyl (C=O) groups excluding carboxylic acids is 1. The minimum atomic E-state index is -0.809. The van der Waals surface area contributed by atoms with Gasteiger partial charge in [-0.2, -0.15) is 0 Å². The van der Waals surface area contributed by atoms with Gasteiger partial charge in [0.05, 0.1) is 12.2 Å². The molecule has 1 fully saturated rings. The maximum Gasteiger partial charge on any atom is 0.358 e. The number of hydrogen-bond donors (Lipinski definition) is 3. The van der Waals surface area contributed by atoms with E-state index in [1.165, 1.54) is 0 Å². The molecule has 186 valence electrons. The largest absolute Gasteiger partial charge is 0.488 e. The van der Waals surface area contributed by atoms with Crippen molar-refractivity contribution < 1.29 is 24.5 Å². The second-order valence-corrected chi connectivity index (χ2v) is 9.65. The fourth-order valence-corrected chi connectivity index (χ4v) is 5.01. The van der Waals surface area contributed by atoms with Crippen LogP contribution in [0.2, 0.25) is 0 Å². The van der Waals surface area contributed by atoms with Crippen molar-refractivity contribution in [2.75, 3.05) is 32.8 Å². The van der Waals surface area contributed by atoms with E-state index >= 15 is 0 Å². The molecule has 1 unspecified atom stereocenters. The molecule has 0 spiro atoms. The van der Waals surface area contributed by atoms with E-state index in [-0.39, 0.29) is 12.6 Å². The van der Waals surface area contributed by atoms with Gasteiger partial charge >= 0.3 is 5.97 Å². The van der Waals surface area contributed by atoms with Crippen molar-refractivity contribution in [3.8, 4) is 5.75 Å². The van der Waals surface area contributed by atoms with Crippen LogP contribution in [0.15, 0.2) is 30.3 Å². The van der Waals surface area contributed by atoms with Gasteiger partial charge in [0, 0.05) is 30.9 Å². The molecule has 3 N–H and O–H groups in total. The van der Waals surface area contributed by atoms with E-state index in [0.717, 1.165) is 55.3 Å². The number of piperidine rings is 1. The molecule has 0 bridgehead atoms. The van der Waals surface area contributed by atoms with Gasteiger partial charge in [0.25, 0.3) is 0 Å². The zero-order chi connectivity index (χ0) is 24.0. The lowest BCUT2D eigenvalue weighted by Crippen LogP contribution is -2.46. The molecule has 1 aliphatic carbocycles. The van der Waals surface area contributed by atoms with Crippen molar-refractivity contribution in [2.45, 2.75) is 70.0 Å². The number of ether oxygens (including phenoxy) is 2. The van der Waals surface area contributed by atoms with E-state index in [1.807, 2.05) is 30.3 Å². The predicted molar refractivity (Wildman–Crippen MR) is 130 cm³/mol. The van der Waals surface area contributed by atoms with Gasteiger partial charge in [-0.3, -0.25) is 0 Å². The van der Waals surface area contributed by atoms with Gasteiger partial charge in [-0.1, -0.05) is 43.7 Å². The summed E-state index contributed by atoms with van der Waals surface area (Å²) < 4.78 is 11.5. The number of aliphatic hydroxyl groups excluding tert-OH is 1. The summed E-state index contributed by atoms with van der Waals surface area (Å²) in [6, 6.07) is 9.81. The van der Waals surface area contributed by atoms with Gasteiger partial charge in [-0.15, -0.1) is 0 Å². The first kappa shape index (κ1) is 24.8. The fraction of sp³-hybridized carbons (Fsp3) is 0.593. The molecule has 2 aromatic rings. The molecular formula is C27H38N2O5. The van der Waals surface area contributed by atoms with Crippen LogP contribution in [-0.2, 0) is 23.2 Å². The van der Waals surface area contributed by atoms with Crippen molar-refractivity contribution in [3.05, 3.63) is 52.8 Å². The number of hydrogen-bond acceptors (Lipinski definition) is 6. The number of aliphatic hydroxyl groups is 2. The summed E-state index contributed by atoms with van der Waals surface area (Å²) in [6.45, 7) is 4.44. The van der Waals surface area contributed by atoms with Gasteiger partial charge in [0.15, 0.2) is 11.4 Å². The molecule has 34 heavy (non-hydrogen) atoms. The van der Waals surface area contributed by atoms with Crippen molar-refractivity contribution in [2.24, 2.45) is 0 Å². The molecule has 1 aromatic carbocycles. The molecular weight excluding hydrogens is 432 g/mol. The second-order valence-electron chi connectivity index (χ2n) is 9.65. The molecule has 7 heteroatoms. The molecule has 0 saturated carbocycles. The number of aromatic nitrogens is 1. The Hall–Kier alpha value is -2.35. The topological polar surface area (TPSA) is 95.0 Å². The summed E-state index contributed by atoms with van der Waals surface area (Å²) in [5, 5.41) is 21.7. The number of nitrogens with zero attached hydrogens (tertiary/aromatic N) is 1. The van der Waals surface area contributed by atoms with Crippen LogP contribution in [-0.4, -0.2) is 65.0 Å². The highest BCUT2D eigenvalue weighted by Crippen LogP contribution is 2.35. The number of likely N-dealkylation sites (tertiary alicyclic amines) is 1. The Bertz CT molecular complexity index is 934. The van der Waals surface area contributed by atoms with Crippen LogP contribution in [0.25, 0.3) is 0 Å². The van der Waals surface area contributed by atoms with Crippen LogP contribution in [0.3, 0.4) is 0 Å². The Morgan fingerprint density at radius 1 is 1.18 bits per heavy atom. The Labute approximate surface area is 202 Å². The summed E-state index contributed by atoms with van der Waals surface area (Å²) in [5.41, 5.74) is 2.62. The molecule has 0 radical (unpaired) electrons. The maximum atomic E-state index is 12.7. The highest BCUT2D eigenvalue weighted by molar-refractivity contribution is 5.91. The summed E-state index contributed by atoms with van der Waals surface area (Å²) in [5.74, 6) is 0.163. The highest BCUT2D eigenvalue weighted by atomic mass is 16.5. The predicted octanol–water partition coefficient (Wildman–Crippen LogP) is 3.57.